The van der Waals surface area contributed by atoms with E-state index in [0.717, 1.165) is 21.4 Å². The molecule has 5 rings (SSSR count). The predicted octanol–water partition coefficient (Wildman–Crippen LogP) is 0.599. The second-order valence-corrected chi connectivity index (χ2v) is 11.0. The number of amides is 2. The van der Waals surface area contributed by atoms with Crippen LogP contribution in [0, 0.1) is 0 Å². The van der Waals surface area contributed by atoms with Gasteiger partial charge in [0.2, 0.25) is 0 Å². The molecule has 12 nitrogen and oxygen atoms in total. The summed E-state index contributed by atoms with van der Waals surface area (Å²) in [7, 11) is 1.28. The lowest BCUT2D eigenvalue weighted by molar-refractivity contribution is -0.687. The Labute approximate surface area is 216 Å². The number of β-lactam (4-membered cyclic amide) rings is 1. The summed E-state index contributed by atoms with van der Waals surface area (Å²) in [5.74, 6) is -2.02. The molecule has 3 aromatic heterocycles. The number of pyridine rings is 1. The Bertz CT molecular complexity index is 1460. The monoisotopic (exact) mass is 546 g/mol. The molecule has 1 saturated heterocycles. The minimum absolute atomic E-state index is 0.0651. The summed E-state index contributed by atoms with van der Waals surface area (Å²) in [6, 6.07) is 2.86. The third kappa shape index (κ3) is 4.25. The van der Waals surface area contributed by atoms with Crippen LogP contribution in [0.3, 0.4) is 0 Å². The van der Waals surface area contributed by atoms with Crippen molar-refractivity contribution in [2.75, 3.05) is 24.3 Å². The number of nitrogens with two attached hydrogens (primary N) is 2. The summed E-state index contributed by atoms with van der Waals surface area (Å²) in [6.07, 6.45) is 3.75. The number of nitrogens with one attached hydrogen (secondary N) is 1. The molecular formula is C21H20N7O5S3+. The molecule has 2 atom stereocenters. The Kier molecular flexibility index (Phi) is 6.27. The lowest BCUT2D eigenvalue weighted by atomic mass is 10.0. The molecule has 0 aliphatic carbocycles. The summed E-state index contributed by atoms with van der Waals surface area (Å²) in [6.45, 7) is 0.295. The molecule has 0 radical (unpaired) electrons. The Morgan fingerprint density at radius 3 is 2.92 bits per heavy atom. The number of aliphatic carboxylic acids is 1. The number of hydrogen-bond acceptors (Lipinski definition) is 11. The minimum Gasteiger partial charge on any atom is -0.477 e. The lowest BCUT2D eigenvalue weighted by Gasteiger charge is -2.49. The maximum absolute atomic E-state index is 13.0. The second-order valence-electron chi connectivity index (χ2n) is 7.90. The fraction of sp³-hybridized carbons (Fsp3) is 0.238. The zero-order valence-corrected chi connectivity index (χ0v) is 21.2. The fourth-order valence-corrected chi connectivity index (χ4v) is 6.76. The van der Waals surface area contributed by atoms with Gasteiger partial charge in [0.15, 0.2) is 29.8 Å². The zero-order chi connectivity index (χ0) is 25.6. The number of thiophene rings is 1. The average Bonchev–Trinajstić information content (AvgIpc) is 3.44. The molecule has 6 N–H and O–H groups in total. The van der Waals surface area contributed by atoms with Gasteiger partial charge in [0, 0.05) is 27.5 Å². The van der Waals surface area contributed by atoms with E-state index in [1.165, 1.54) is 35.1 Å². The van der Waals surface area contributed by atoms with E-state index < -0.39 is 29.2 Å². The fourth-order valence-electron chi connectivity index (χ4n) is 4.08. The summed E-state index contributed by atoms with van der Waals surface area (Å²) < 4.78 is 2.90. The van der Waals surface area contributed by atoms with Crippen molar-refractivity contribution >= 4 is 78.1 Å². The Morgan fingerprint density at radius 1 is 1.42 bits per heavy atom. The molecule has 0 saturated carbocycles. The van der Waals surface area contributed by atoms with E-state index in [1.807, 2.05) is 29.1 Å². The molecule has 5 heterocycles. The molecule has 0 spiro atoms. The van der Waals surface area contributed by atoms with E-state index in [0.29, 0.717) is 22.9 Å². The highest BCUT2D eigenvalue weighted by molar-refractivity contribution is 8.00. The number of rotatable bonds is 7. The number of fused-ring (bicyclic) bond motifs is 2. The van der Waals surface area contributed by atoms with E-state index >= 15 is 0 Å². The molecule has 2 amide bonds. The Balaban J connectivity index is 1.36. The molecule has 3 aromatic rings. The van der Waals surface area contributed by atoms with Gasteiger partial charge >= 0.3 is 5.97 Å². The van der Waals surface area contributed by atoms with Crippen molar-refractivity contribution in [2.45, 2.75) is 18.0 Å². The summed E-state index contributed by atoms with van der Waals surface area (Å²) in [5.41, 5.74) is 12.1. The Hall–Kier alpha value is -3.69. The van der Waals surface area contributed by atoms with Crippen LogP contribution in [0.1, 0.15) is 5.69 Å². The molecule has 1 unspecified atom stereocenters. The molecule has 2 aliphatic rings. The van der Waals surface area contributed by atoms with Crippen molar-refractivity contribution in [3.63, 3.8) is 0 Å². The smallest absolute Gasteiger partial charge is 0.352 e. The van der Waals surface area contributed by atoms with Crippen molar-refractivity contribution in [1.29, 1.82) is 0 Å². The highest BCUT2D eigenvalue weighted by Gasteiger charge is 2.54. The highest BCUT2D eigenvalue weighted by Crippen LogP contribution is 2.40. The first kappa shape index (κ1) is 24.0. The highest BCUT2D eigenvalue weighted by atomic mass is 32.2. The molecule has 15 heteroatoms. The molecule has 2 aliphatic heterocycles. The number of carboxylic acids is 1. The van der Waals surface area contributed by atoms with Gasteiger partial charge in [-0.05, 0) is 6.07 Å². The van der Waals surface area contributed by atoms with Gasteiger partial charge in [-0.3, -0.25) is 14.5 Å². The number of nitrogens with zero attached hydrogens (tertiary/aromatic N) is 4. The van der Waals surface area contributed by atoms with Crippen molar-refractivity contribution in [3.8, 4) is 0 Å². The molecular weight excluding hydrogens is 526 g/mol. The number of oxime groups is 1. The first-order valence-electron chi connectivity index (χ1n) is 10.5. The van der Waals surface area contributed by atoms with Crippen LogP contribution in [0.15, 0.2) is 46.3 Å². The van der Waals surface area contributed by atoms with Gasteiger partial charge < -0.3 is 26.7 Å². The summed E-state index contributed by atoms with van der Waals surface area (Å²) >= 11 is 3.99. The van der Waals surface area contributed by atoms with Crippen LogP contribution in [0.5, 0.6) is 0 Å². The molecule has 36 heavy (non-hydrogen) atoms. The number of carbonyl (C=O) groups is 3. The van der Waals surface area contributed by atoms with Crippen LogP contribution < -0.4 is 21.4 Å². The molecule has 0 bridgehead atoms. The predicted molar refractivity (Wildman–Crippen MR) is 136 cm³/mol. The van der Waals surface area contributed by atoms with Gasteiger partial charge in [-0.2, -0.15) is 0 Å². The number of nitrogen functional groups attached to an aromatic ring is 2. The van der Waals surface area contributed by atoms with E-state index in [2.05, 4.69) is 15.5 Å². The molecule has 186 valence electrons. The normalized spacial score (nSPS) is 19.8. The van der Waals surface area contributed by atoms with Gasteiger partial charge in [-0.1, -0.05) is 5.16 Å². The first-order chi connectivity index (χ1) is 17.3. The number of carboxylic acid groups (broad SMARTS) is 1. The zero-order valence-electron chi connectivity index (χ0n) is 18.7. The standard InChI is InChI=1S/C21H19N7O5S3/c1-33-26-14(11-8-35-21(23)24-11)17(29)25-15-18(30)28-16(20(31)32)10(7-34-19(15)28)6-27-3-2-12-9(5-27)4-13(22)36-12/h2-5,8,15,19H,6-7,22H2,1H3,(H3-,23,24,25,29,31,32)/p+1/t15?,19-/m0/s1. The molecule has 1 fully saturated rings. The van der Waals surface area contributed by atoms with Crippen molar-refractivity contribution in [2.24, 2.45) is 5.16 Å². The SMILES string of the molecule is CON=C(C(=O)NC1C(=O)N2C(C(=O)O)=C(C[n+]3ccc4sc(N)cc4c3)CS[C@@H]12)c1csc(N)n1. The van der Waals surface area contributed by atoms with Crippen molar-refractivity contribution in [3.05, 3.63) is 46.9 Å². The van der Waals surface area contributed by atoms with Crippen LogP contribution in [0.2, 0.25) is 0 Å². The van der Waals surface area contributed by atoms with Crippen molar-refractivity contribution < 1.29 is 28.9 Å². The largest absolute Gasteiger partial charge is 0.477 e. The van der Waals surface area contributed by atoms with Crippen LogP contribution in [-0.4, -0.2) is 62.8 Å². The van der Waals surface area contributed by atoms with Gasteiger partial charge in [0.25, 0.3) is 11.8 Å². The number of anilines is 2. The first-order valence-corrected chi connectivity index (χ1v) is 13.2. The number of thioether (sulfide) groups is 1. The summed E-state index contributed by atoms with van der Waals surface area (Å²) in [4.78, 5) is 48.1. The van der Waals surface area contributed by atoms with Crippen molar-refractivity contribution in [1.82, 2.24) is 15.2 Å². The quantitative estimate of drug-likeness (QED) is 0.143. The number of aromatic nitrogens is 2. The lowest BCUT2D eigenvalue weighted by Crippen LogP contribution is -2.71. The number of hydrogen-bond donors (Lipinski definition) is 4. The van der Waals surface area contributed by atoms with Crippen LogP contribution in [-0.2, 0) is 25.8 Å². The van der Waals surface area contributed by atoms with Crippen LogP contribution >= 0.6 is 34.4 Å². The van der Waals surface area contributed by atoms with Crippen LogP contribution in [0.25, 0.3) is 10.1 Å². The van der Waals surface area contributed by atoms with Gasteiger partial charge in [0.05, 0.1) is 10.4 Å². The average molecular weight is 547 g/mol. The Morgan fingerprint density at radius 2 is 2.22 bits per heavy atom. The van der Waals surface area contributed by atoms with Crippen LogP contribution in [0.4, 0.5) is 10.1 Å². The topological polar surface area (TPSA) is 177 Å². The maximum atomic E-state index is 13.0. The van der Waals surface area contributed by atoms with E-state index in [4.69, 9.17) is 16.3 Å². The van der Waals surface area contributed by atoms with E-state index in [-0.39, 0.29) is 22.2 Å². The summed E-state index contributed by atoms with van der Waals surface area (Å²) in [5, 5.41) is 19.2. The maximum Gasteiger partial charge on any atom is 0.352 e. The second kappa shape index (κ2) is 9.40. The van der Waals surface area contributed by atoms with E-state index in [9.17, 15) is 19.5 Å². The minimum atomic E-state index is -1.20. The third-order valence-electron chi connectivity index (χ3n) is 5.60. The van der Waals surface area contributed by atoms with Gasteiger partial charge in [-0.25, -0.2) is 14.3 Å². The number of thiazole rings is 1. The van der Waals surface area contributed by atoms with Gasteiger partial charge in [0.1, 0.15) is 29.9 Å². The molecule has 0 aromatic carbocycles. The van der Waals surface area contributed by atoms with Gasteiger partial charge in [-0.15, -0.1) is 34.4 Å². The third-order valence-corrected chi connectivity index (χ3v) is 8.56. The van der Waals surface area contributed by atoms with E-state index in [1.54, 1.807) is 5.38 Å². The number of carbonyl (C=O) groups excluding carboxylic acids is 2.